The van der Waals surface area contributed by atoms with Crippen LogP contribution in [-0.2, 0) is 0 Å². The molecule has 0 amide bonds. The predicted molar refractivity (Wildman–Crippen MR) is 106 cm³/mol. The Bertz CT molecular complexity index is 1340. The van der Waals surface area contributed by atoms with Crippen molar-refractivity contribution in [1.82, 2.24) is 9.97 Å². The smallest absolute Gasteiger partial charge is 0.201 e. The lowest BCUT2D eigenvalue weighted by Gasteiger charge is -2.11. The maximum Gasteiger partial charge on any atom is 0.201 e. The van der Waals surface area contributed by atoms with Crippen molar-refractivity contribution < 1.29 is 26.7 Å². The highest BCUT2D eigenvalue weighted by Crippen LogP contribution is 2.31. The van der Waals surface area contributed by atoms with E-state index < -0.39 is 40.4 Å². The summed E-state index contributed by atoms with van der Waals surface area (Å²) in [5.41, 5.74) is -1.07. The summed E-state index contributed by atoms with van der Waals surface area (Å²) in [5, 5.41) is 0.110. The monoisotopic (exact) mass is 449 g/mol. The average molecular weight is 449 g/mol. The van der Waals surface area contributed by atoms with Crippen LogP contribution in [0.1, 0.15) is 21.5 Å². The lowest BCUT2D eigenvalue weighted by Crippen LogP contribution is -2.09. The molecule has 2 aromatic heterocycles. The van der Waals surface area contributed by atoms with Gasteiger partial charge >= 0.3 is 0 Å². The zero-order valence-corrected chi connectivity index (χ0v) is 16.5. The van der Waals surface area contributed by atoms with E-state index in [1.807, 2.05) is 0 Å². The summed E-state index contributed by atoms with van der Waals surface area (Å²) in [6.07, 6.45) is 2.17. The summed E-state index contributed by atoms with van der Waals surface area (Å²) < 4.78 is 72.9. The van der Waals surface area contributed by atoms with Crippen molar-refractivity contribution in [3.63, 3.8) is 0 Å². The molecule has 0 spiro atoms. The Morgan fingerprint density at radius 2 is 1.77 bits per heavy atom. The number of hydrogen-bond acceptors (Lipinski definition) is 4. The van der Waals surface area contributed by atoms with E-state index >= 15 is 4.39 Å². The van der Waals surface area contributed by atoms with E-state index in [0.717, 1.165) is 36.5 Å². The number of aromatic nitrogens is 2. The van der Waals surface area contributed by atoms with Gasteiger partial charge in [-0.2, -0.15) is 0 Å². The van der Waals surface area contributed by atoms with Crippen LogP contribution in [0.5, 0.6) is 0 Å². The third-order valence-corrected chi connectivity index (χ3v) is 5.48. The largest absolute Gasteiger partial charge is 0.345 e. The number of carbonyl (C=O) groups excluding carboxylic acids is 1. The summed E-state index contributed by atoms with van der Waals surface area (Å²) >= 11 is 0.555. The molecule has 0 saturated carbocycles. The molecule has 0 radical (unpaired) electrons. The van der Waals surface area contributed by atoms with Crippen molar-refractivity contribution in [1.29, 1.82) is 0 Å². The van der Waals surface area contributed by atoms with Crippen LogP contribution >= 0.6 is 11.9 Å². The second-order valence-corrected chi connectivity index (χ2v) is 7.40. The van der Waals surface area contributed by atoms with Gasteiger partial charge in [-0.25, -0.2) is 26.9 Å². The third-order valence-electron chi connectivity index (χ3n) is 4.63. The topological polar surface area (TPSA) is 57.8 Å². The van der Waals surface area contributed by atoms with Crippen LogP contribution in [0.25, 0.3) is 11.0 Å². The minimum absolute atomic E-state index is 0.0989. The molecule has 2 N–H and O–H groups in total. The minimum atomic E-state index is -1.23. The number of ketones is 1. The number of nitrogens with zero attached hydrogens (tertiary/aromatic N) is 1. The SMILES string of the molecule is Cc1c(F)cnc2[nH]cc(C(=O)c3c(F)ccc(NSc4cc(F)ccc4F)c3F)c12. The summed E-state index contributed by atoms with van der Waals surface area (Å²) in [4.78, 5) is 19.3. The quantitative estimate of drug-likeness (QED) is 0.226. The molecule has 4 nitrogen and oxygen atoms in total. The number of pyridine rings is 1. The van der Waals surface area contributed by atoms with Crippen molar-refractivity contribution in [2.24, 2.45) is 0 Å². The van der Waals surface area contributed by atoms with Gasteiger partial charge < -0.3 is 9.71 Å². The first-order chi connectivity index (χ1) is 14.8. The van der Waals surface area contributed by atoms with E-state index in [2.05, 4.69) is 14.7 Å². The molecular formula is C21H12F5N3OS. The molecule has 0 aliphatic heterocycles. The molecule has 0 bridgehead atoms. The molecule has 0 atom stereocenters. The number of nitrogens with one attached hydrogen (secondary N) is 2. The van der Waals surface area contributed by atoms with E-state index in [4.69, 9.17) is 0 Å². The van der Waals surface area contributed by atoms with Gasteiger partial charge in [0.1, 0.15) is 28.9 Å². The number of fused-ring (bicyclic) bond motifs is 1. The molecule has 0 aliphatic carbocycles. The van der Waals surface area contributed by atoms with E-state index in [-0.39, 0.29) is 32.7 Å². The van der Waals surface area contributed by atoms with Gasteiger partial charge in [0.15, 0.2) is 5.82 Å². The van der Waals surface area contributed by atoms with Crippen LogP contribution in [0, 0.1) is 36.0 Å². The highest BCUT2D eigenvalue weighted by molar-refractivity contribution is 8.00. The van der Waals surface area contributed by atoms with Crippen LogP contribution in [0.2, 0.25) is 0 Å². The van der Waals surface area contributed by atoms with Gasteiger partial charge in [-0.05, 0) is 54.8 Å². The summed E-state index contributed by atoms with van der Waals surface area (Å²) in [7, 11) is 0. The van der Waals surface area contributed by atoms with Crippen LogP contribution in [0.4, 0.5) is 27.6 Å². The van der Waals surface area contributed by atoms with Gasteiger partial charge in [0.05, 0.1) is 27.9 Å². The molecule has 0 aliphatic rings. The van der Waals surface area contributed by atoms with Crippen LogP contribution in [0.3, 0.4) is 0 Å². The van der Waals surface area contributed by atoms with Gasteiger partial charge in [-0.15, -0.1) is 0 Å². The summed E-state index contributed by atoms with van der Waals surface area (Å²) in [5.74, 6) is -5.51. The zero-order valence-electron chi connectivity index (χ0n) is 15.7. The normalized spacial score (nSPS) is 11.2. The number of carbonyl (C=O) groups is 1. The molecule has 0 fully saturated rings. The number of halogens is 5. The molecule has 4 aromatic rings. The zero-order chi connectivity index (χ0) is 22.3. The van der Waals surface area contributed by atoms with E-state index in [1.165, 1.54) is 13.1 Å². The number of rotatable bonds is 5. The predicted octanol–water partition coefficient (Wildman–Crippen LogP) is 5.92. The number of hydrogen-bond donors (Lipinski definition) is 2. The van der Waals surface area contributed by atoms with Crippen molar-refractivity contribution in [2.75, 3.05) is 4.72 Å². The van der Waals surface area contributed by atoms with Gasteiger partial charge in [-0.3, -0.25) is 4.79 Å². The maximum atomic E-state index is 15.0. The highest BCUT2D eigenvalue weighted by atomic mass is 32.2. The standard InChI is InChI=1S/C21H12F5N3OS/c1-9-14(25)8-28-21-17(9)11(7-27-21)20(30)18-13(24)4-5-15(19(18)26)29-31-16-6-10(22)2-3-12(16)23/h2-8,29H,1H3,(H,27,28). The number of H-pyrrole nitrogens is 1. The average Bonchev–Trinajstić information content (AvgIpc) is 3.17. The van der Waals surface area contributed by atoms with E-state index in [0.29, 0.717) is 11.9 Å². The van der Waals surface area contributed by atoms with E-state index in [1.54, 1.807) is 0 Å². The molecule has 10 heteroatoms. The first-order valence-corrected chi connectivity index (χ1v) is 9.62. The summed E-state index contributed by atoms with van der Waals surface area (Å²) in [6, 6.07) is 4.61. The number of anilines is 1. The minimum Gasteiger partial charge on any atom is -0.345 e. The molecule has 4 rings (SSSR count). The molecule has 0 unspecified atom stereocenters. The van der Waals surface area contributed by atoms with Gasteiger partial charge in [-0.1, -0.05) is 0 Å². The molecule has 2 heterocycles. The first kappa shape index (κ1) is 20.9. The fraction of sp³-hybridized carbons (Fsp3) is 0.0476. The van der Waals surface area contributed by atoms with Crippen molar-refractivity contribution >= 4 is 34.5 Å². The van der Waals surface area contributed by atoms with Crippen LogP contribution < -0.4 is 4.72 Å². The number of benzene rings is 2. The highest BCUT2D eigenvalue weighted by Gasteiger charge is 2.25. The van der Waals surface area contributed by atoms with Crippen LogP contribution in [0.15, 0.2) is 47.6 Å². The number of aryl methyl sites for hydroxylation is 1. The summed E-state index contributed by atoms with van der Waals surface area (Å²) in [6.45, 7) is 1.42. The fourth-order valence-corrected chi connectivity index (χ4v) is 3.76. The second-order valence-electron chi connectivity index (χ2n) is 6.55. The lowest BCUT2D eigenvalue weighted by molar-refractivity contribution is 0.103. The fourth-order valence-electron chi connectivity index (χ4n) is 3.05. The van der Waals surface area contributed by atoms with Gasteiger partial charge in [0.2, 0.25) is 5.78 Å². The Hall–Kier alpha value is -3.40. The molecule has 2 aromatic carbocycles. The number of aromatic amines is 1. The Kier molecular flexibility index (Phi) is 5.40. The third kappa shape index (κ3) is 3.74. The van der Waals surface area contributed by atoms with Crippen molar-refractivity contribution in [2.45, 2.75) is 11.8 Å². The second kappa shape index (κ2) is 8.03. The van der Waals surface area contributed by atoms with Crippen LogP contribution in [-0.4, -0.2) is 15.8 Å². The Labute approximate surface area is 176 Å². The van der Waals surface area contributed by atoms with Crippen molar-refractivity contribution in [3.8, 4) is 0 Å². The maximum absolute atomic E-state index is 15.0. The lowest BCUT2D eigenvalue weighted by atomic mass is 9.99. The van der Waals surface area contributed by atoms with Gasteiger partial charge in [0, 0.05) is 11.6 Å². The molecular weight excluding hydrogens is 437 g/mol. The molecule has 158 valence electrons. The molecule has 0 saturated heterocycles. The first-order valence-electron chi connectivity index (χ1n) is 8.80. The molecule has 31 heavy (non-hydrogen) atoms. The Morgan fingerprint density at radius 3 is 2.55 bits per heavy atom. The van der Waals surface area contributed by atoms with E-state index in [9.17, 15) is 22.4 Å². The van der Waals surface area contributed by atoms with Gasteiger partial charge in [0.25, 0.3) is 0 Å². The Balaban J connectivity index is 1.72. The Morgan fingerprint density at radius 1 is 1.03 bits per heavy atom. The van der Waals surface area contributed by atoms with Crippen molar-refractivity contribution in [3.05, 3.63) is 88.5 Å².